The highest BCUT2D eigenvalue weighted by molar-refractivity contribution is 6.19. The molecule has 0 aliphatic heterocycles. The van der Waals surface area contributed by atoms with E-state index in [1.165, 1.54) is 26.9 Å². The van der Waals surface area contributed by atoms with Crippen LogP contribution in [0, 0.1) is 0 Å². The van der Waals surface area contributed by atoms with E-state index in [4.69, 9.17) is 27.2 Å². The molecular formula is C123H204ClN5O11. The number of carboxylic acids is 2. The summed E-state index contributed by atoms with van der Waals surface area (Å²) in [6.45, 7) is 76.3. The van der Waals surface area contributed by atoms with Gasteiger partial charge in [-0.05, 0) is 79.1 Å². The van der Waals surface area contributed by atoms with Crippen LogP contribution in [0.4, 0.5) is 0 Å². The summed E-state index contributed by atoms with van der Waals surface area (Å²) in [6.07, 6.45) is 33.3. The molecule has 0 heterocycles. The zero-order chi connectivity index (χ0) is 111. The van der Waals surface area contributed by atoms with Crippen molar-refractivity contribution in [3.05, 3.63) is 336 Å². The Hall–Kier alpha value is -11.2. The number of carboxylic acid groups (broad SMARTS) is 2. The van der Waals surface area contributed by atoms with E-state index in [2.05, 4.69) is 73.6 Å². The molecule has 0 aliphatic carbocycles. The topological polar surface area (TPSA) is 227 Å². The second kappa shape index (κ2) is 146. The van der Waals surface area contributed by atoms with Gasteiger partial charge in [0.05, 0.1) is 21.3 Å². The number of aliphatic carboxylic acids is 2. The van der Waals surface area contributed by atoms with Gasteiger partial charge in [0, 0.05) is 51.6 Å². The number of nitrogens with zero attached hydrogens (tertiary/aromatic N) is 2. The van der Waals surface area contributed by atoms with Crippen molar-refractivity contribution in [3.8, 4) is 0 Å². The van der Waals surface area contributed by atoms with Crippen LogP contribution in [0.3, 0.4) is 0 Å². The van der Waals surface area contributed by atoms with E-state index in [0.29, 0.717) is 51.6 Å². The number of esters is 3. The molecule has 8 aromatic rings. The third-order valence-electron chi connectivity index (χ3n) is 15.1. The standard InChI is InChI=1S/C22H25NO2.C21H23NO2.C13H17NO2.C12H15NO2.C10H10O.C9H9Cl.C4H9NO2.16C2H6/c1-19(22(24)25-2)23(17-9-15-20-11-5-3-6-12-20)18-10-16-21-13-7-4-8-14-21;1-18(21(23)24)22(16-8-14-19-10-4-2-5-11-19)17-9-15-20-12-6-3-7-13-20;1-11(13(15)16-2)14-10-6-9-12-7-4-3-5-8-12;1-10(12(14)15)13-9-5-8-11-6-3-2-4-7-11;11-9-5-4-8-10-6-2-1-3-7-10;10-8-4-7-9-5-2-1-3-6-9;1-3(5)4(6)7-2;16*1-2/h3-16,19H,17-18H2,1-2H3;2-15,18H,16-17H2,1H3,(H,23,24);3-9,11,14H,10H2,1-2H3;2-8,10,13H,9H2,1H3,(H,14,15);1-4,6-9H,5H2;1-7H,8H2;3H,5H2,1-2H3;16*1-2H3/b15-9+,16-10+;14-8+,15-9+;9-6+;8-5+;8-4+;7-4+;;;;;;;;;;;;;;;;;. The minimum Gasteiger partial charge on any atom is -0.480 e. The summed E-state index contributed by atoms with van der Waals surface area (Å²) < 4.78 is 13.7. The highest BCUT2D eigenvalue weighted by Crippen LogP contribution is 2.11. The van der Waals surface area contributed by atoms with Crippen molar-refractivity contribution >= 4 is 96.3 Å². The monoisotopic (exact) mass is 1960 g/mol. The molecule has 140 heavy (non-hydrogen) atoms. The number of nitrogens with one attached hydrogen (secondary N) is 2. The lowest BCUT2D eigenvalue weighted by atomic mass is 10.2. The number of carbonyl (C=O) groups excluding carboxylic acids is 4. The van der Waals surface area contributed by atoms with Gasteiger partial charge in [0.25, 0.3) is 0 Å². The van der Waals surface area contributed by atoms with Gasteiger partial charge in [-0.15, -0.1) is 11.6 Å². The van der Waals surface area contributed by atoms with Crippen molar-refractivity contribution in [1.82, 2.24) is 20.4 Å². The van der Waals surface area contributed by atoms with Gasteiger partial charge in [-0.3, -0.25) is 33.8 Å². The number of nitrogens with two attached hydrogens (primary N) is 1. The average Bonchev–Trinajstić information content (AvgIpc) is 0.899. The largest absolute Gasteiger partial charge is 0.480 e. The van der Waals surface area contributed by atoms with Crippen LogP contribution in [-0.2, 0) is 43.0 Å². The van der Waals surface area contributed by atoms with Crippen molar-refractivity contribution in [2.75, 3.05) is 66.5 Å². The van der Waals surface area contributed by atoms with Crippen LogP contribution in [0.2, 0.25) is 0 Å². The number of halogens is 1. The molecule has 0 aliphatic rings. The van der Waals surface area contributed by atoms with Crippen molar-refractivity contribution in [1.29, 1.82) is 0 Å². The Morgan fingerprint density at radius 1 is 0.286 bits per heavy atom. The first kappa shape index (κ1) is 162. The second-order valence-electron chi connectivity index (χ2n) is 23.6. The lowest BCUT2D eigenvalue weighted by Crippen LogP contribution is -2.39. The van der Waals surface area contributed by atoms with E-state index in [0.717, 1.165) is 45.2 Å². The lowest BCUT2D eigenvalue weighted by Gasteiger charge is -2.24. The fourth-order valence-corrected chi connectivity index (χ4v) is 9.01. The fraction of sp³-hybridized carbons (Fsp3) is 0.431. The molecule has 5 atom stereocenters. The summed E-state index contributed by atoms with van der Waals surface area (Å²) >= 11 is 5.46. The number of benzene rings is 8. The molecule has 0 spiro atoms. The smallest absolute Gasteiger partial charge is 0.322 e. The first-order valence-corrected chi connectivity index (χ1v) is 52.0. The number of alkyl halides is 1. The van der Waals surface area contributed by atoms with Gasteiger partial charge in [0.2, 0.25) is 0 Å². The molecule has 0 fully saturated rings. The summed E-state index contributed by atoms with van der Waals surface area (Å²) in [6, 6.07) is 78.1. The molecule has 8 rings (SSSR count). The van der Waals surface area contributed by atoms with Gasteiger partial charge in [-0.2, -0.15) is 0 Å². The Labute approximate surface area is 865 Å². The Bertz CT molecular complexity index is 3820. The predicted molar refractivity (Wildman–Crippen MR) is 629 cm³/mol. The third kappa shape index (κ3) is 112. The van der Waals surface area contributed by atoms with Gasteiger partial charge < -0.3 is 45.6 Å². The average molecular weight is 1960 g/mol. The highest BCUT2D eigenvalue weighted by atomic mass is 35.5. The van der Waals surface area contributed by atoms with E-state index < -0.39 is 30.1 Å². The number of aldehydes is 1. The van der Waals surface area contributed by atoms with E-state index in [1.807, 2.05) is 525 Å². The van der Waals surface area contributed by atoms with Gasteiger partial charge in [-0.25, -0.2) is 0 Å². The molecule has 0 aromatic heterocycles. The normalized spacial score (nSPS) is 10.2. The minimum atomic E-state index is -0.830. The number of hydrogen-bond donors (Lipinski definition) is 5. The molecule has 5 unspecified atom stereocenters. The Kier molecular flexibility index (Phi) is 169. The van der Waals surface area contributed by atoms with Crippen molar-refractivity contribution in [2.24, 2.45) is 5.73 Å². The molecule has 0 saturated heterocycles. The first-order chi connectivity index (χ1) is 68.3. The van der Waals surface area contributed by atoms with Gasteiger partial charge in [-0.1, -0.05) is 561 Å². The van der Waals surface area contributed by atoms with Crippen molar-refractivity contribution < 1.29 is 53.2 Å². The van der Waals surface area contributed by atoms with E-state index >= 15 is 0 Å². The summed E-state index contributed by atoms with van der Waals surface area (Å²) in [4.78, 5) is 68.9. The molecule has 0 saturated carbocycles. The number of allylic oxidation sites excluding steroid dienone is 2. The first-order valence-electron chi connectivity index (χ1n) is 51.5. The zero-order valence-electron chi connectivity index (χ0n) is 95.4. The zero-order valence-corrected chi connectivity index (χ0v) is 96.1. The van der Waals surface area contributed by atoms with Crippen LogP contribution < -0.4 is 16.4 Å². The van der Waals surface area contributed by atoms with E-state index in [9.17, 15) is 33.9 Å². The SMILES string of the molecule is CC.CC.CC.CC.CC.CC.CC.CC.CC.CC.CC.CC.CC.CC.CC.CC.CC(C(=O)O)N(C/C=C/c1ccccc1)C/C=C/c1ccccc1.CC(NC/C=C/c1ccccc1)C(=O)O.COC(=O)C(C)N.COC(=O)C(C)N(C/C=C/c1ccccc1)C/C=C/c1ccccc1.COC(=O)C(C)NC/C=C/c1ccccc1.ClC/C=C/c1ccccc1.O=CC/C=C/c1ccccc1. The van der Waals surface area contributed by atoms with Crippen LogP contribution in [0.1, 0.15) is 307 Å². The van der Waals surface area contributed by atoms with Crippen molar-refractivity contribution in [2.45, 2.75) is 293 Å². The maximum absolute atomic E-state index is 11.9. The number of methoxy groups -OCH3 is 3. The van der Waals surface area contributed by atoms with Crippen LogP contribution in [0.15, 0.2) is 291 Å². The maximum Gasteiger partial charge on any atom is 0.322 e. The number of rotatable bonds is 32. The van der Waals surface area contributed by atoms with Crippen LogP contribution >= 0.6 is 11.6 Å². The van der Waals surface area contributed by atoms with E-state index in [1.54, 1.807) is 27.7 Å². The number of carbonyl (C=O) groups is 6. The molecule has 6 N–H and O–H groups in total. The minimum absolute atomic E-state index is 0.221. The Balaban J connectivity index is -0.0000000975. The summed E-state index contributed by atoms with van der Waals surface area (Å²) in [5.41, 5.74) is 14.2. The number of ether oxygens (including phenoxy) is 3. The molecule has 8 aromatic carbocycles. The summed E-state index contributed by atoms with van der Waals surface area (Å²) in [5, 5.41) is 23.8. The molecular weight excluding hydrogens is 1760 g/mol. The summed E-state index contributed by atoms with van der Waals surface area (Å²) in [7, 11) is 4.13. The van der Waals surface area contributed by atoms with Gasteiger partial charge in [0.15, 0.2) is 0 Å². The highest BCUT2D eigenvalue weighted by Gasteiger charge is 2.21. The molecule has 16 nitrogen and oxygen atoms in total. The van der Waals surface area contributed by atoms with Gasteiger partial charge in [0.1, 0.15) is 36.5 Å². The van der Waals surface area contributed by atoms with Crippen LogP contribution in [0.25, 0.3) is 48.6 Å². The fourth-order valence-electron chi connectivity index (χ4n) is 8.92. The third-order valence-corrected chi connectivity index (χ3v) is 15.3. The van der Waals surface area contributed by atoms with Crippen LogP contribution in [-0.4, -0.2) is 153 Å². The maximum atomic E-state index is 11.9. The Morgan fingerprint density at radius 2 is 0.479 bits per heavy atom. The number of hydrogen-bond acceptors (Lipinski definition) is 14. The molecule has 0 radical (unpaired) electrons. The molecule has 0 bridgehead atoms. The molecule has 17 heteroatoms. The van der Waals surface area contributed by atoms with E-state index in [-0.39, 0.29) is 30.0 Å². The van der Waals surface area contributed by atoms with Crippen molar-refractivity contribution in [3.63, 3.8) is 0 Å². The predicted octanol–water partition coefficient (Wildman–Crippen LogP) is 33.2. The lowest BCUT2D eigenvalue weighted by molar-refractivity contribution is -0.146. The molecule has 794 valence electrons. The van der Waals surface area contributed by atoms with Crippen LogP contribution in [0.5, 0.6) is 0 Å². The molecule has 0 amide bonds. The quantitative estimate of drug-likeness (QED) is 0.0114. The Morgan fingerprint density at radius 3 is 0.657 bits per heavy atom. The van der Waals surface area contributed by atoms with Gasteiger partial charge >= 0.3 is 29.8 Å². The second-order valence-corrected chi connectivity index (χ2v) is 23.9. The summed E-state index contributed by atoms with van der Waals surface area (Å²) in [5.74, 6) is -1.90.